The fourth-order valence-electron chi connectivity index (χ4n) is 3.35. The van der Waals surface area contributed by atoms with Gasteiger partial charge in [-0.2, -0.15) is 0 Å². The maximum Gasteiger partial charge on any atom is 0.470 e. The van der Waals surface area contributed by atoms with Crippen molar-refractivity contribution in [3.63, 3.8) is 0 Å². The Labute approximate surface area is 178 Å². The molecule has 0 aliphatic carbocycles. The van der Waals surface area contributed by atoms with Crippen LogP contribution in [0, 0.1) is 0 Å². The predicted octanol–water partition coefficient (Wildman–Crippen LogP) is 3.66. The number of rotatable bonds is 5. The first-order valence-electron chi connectivity index (χ1n) is 9.02. The van der Waals surface area contributed by atoms with Gasteiger partial charge in [0.15, 0.2) is 5.78 Å². The van der Waals surface area contributed by atoms with E-state index in [1.807, 2.05) is 0 Å². The molecule has 0 fully saturated rings. The molecule has 10 heteroatoms. The van der Waals surface area contributed by atoms with Crippen LogP contribution in [0.5, 0.6) is 5.75 Å². The smallest absolute Gasteiger partial charge is 0.470 e. The first-order chi connectivity index (χ1) is 13.9. The van der Waals surface area contributed by atoms with Gasteiger partial charge in [-0.3, -0.25) is 14.1 Å². The lowest BCUT2D eigenvalue weighted by atomic mass is 9.85. The minimum Gasteiger partial charge on any atom is -0.485 e. The normalized spacial score (nSPS) is 20.1. The summed E-state index contributed by atoms with van der Waals surface area (Å²) in [5.74, 6) is -0.374. The van der Waals surface area contributed by atoms with Gasteiger partial charge in [-0.05, 0) is 57.2 Å². The van der Waals surface area contributed by atoms with E-state index in [2.05, 4.69) is 5.32 Å². The third kappa shape index (κ3) is 4.91. The van der Waals surface area contributed by atoms with Gasteiger partial charge in [0.1, 0.15) is 17.5 Å². The minimum atomic E-state index is -4.94. The highest BCUT2D eigenvalue weighted by molar-refractivity contribution is 7.46. The van der Waals surface area contributed by atoms with E-state index in [9.17, 15) is 23.9 Å². The van der Waals surface area contributed by atoms with E-state index in [0.29, 0.717) is 21.9 Å². The number of carbonyl (C=O) groups is 2. The molecule has 1 aliphatic rings. The maximum absolute atomic E-state index is 12.9. The lowest BCUT2D eigenvalue weighted by Gasteiger charge is -2.44. The van der Waals surface area contributed by atoms with E-state index >= 15 is 0 Å². The van der Waals surface area contributed by atoms with E-state index in [1.165, 1.54) is 19.1 Å². The molecule has 2 aromatic rings. The lowest BCUT2D eigenvalue weighted by Crippen LogP contribution is -2.54. The number of nitrogens with one attached hydrogen (secondary N) is 1. The first-order valence-corrected chi connectivity index (χ1v) is 10.9. The van der Waals surface area contributed by atoms with Gasteiger partial charge in [0.05, 0.1) is 6.04 Å². The van der Waals surface area contributed by atoms with Gasteiger partial charge in [0, 0.05) is 21.7 Å². The number of halogens is 1. The molecule has 3 N–H and O–H groups in total. The number of hydrogen-bond donors (Lipinski definition) is 3. The highest BCUT2D eigenvalue weighted by Crippen LogP contribution is 2.48. The summed E-state index contributed by atoms with van der Waals surface area (Å²) >= 11 is 5.96. The summed E-state index contributed by atoms with van der Waals surface area (Å²) in [5.41, 5.74) is -0.228. The Kier molecular flexibility index (Phi) is 6.09. The van der Waals surface area contributed by atoms with Crippen molar-refractivity contribution >= 4 is 31.1 Å². The number of fused-ring (bicyclic) bond motifs is 1. The SMILES string of the molecule is CC(=O)c1ccc2c(c1)[C@@H](NC(=O)c1cccc(Cl)c1)[C@@H](OP(=O)(O)O)C(C)(C)O2. The highest BCUT2D eigenvalue weighted by Gasteiger charge is 2.48. The fraction of sp³-hybridized carbons (Fsp3) is 0.300. The number of carbonyl (C=O) groups excluding carboxylic acids is 2. The van der Waals surface area contributed by atoms with Crippen LogP contribution in [0.3, 0.4) is 0 Å². The van der Waals surface area contributed by atoms with Gasteiger partial charge in [0.2, 0.25) is 0 Å². The van der Waals surface area contributed by atoms with E-state index in [0.717, 1.165) is 0 Å². The maximum atomic E-state index is 12.9. The van der Waals surface area contributed by atoms with Gasteiger partial charge < -0.3 is 19.8 Å². The van der Waals surface area contributed by atoms with Crippen LogP contribution in [0.15, 0.2) is 42.5 Å². The zero-order valence-electron chi connectivity index (χ0n) is 16.5. The number of benzene rings is 2. The lowest BCUT2D eigenvalue weighted by molar-refractivity contribution is -0.0597. The monoisotopic (exact) mass is 453 g/mol. The Morgan fingerprint density at radius 3 is 2.47 bits per heavy atom. The van der Waals surface area contributed by atoms with Crippen LogP contribution in [-0.4, -0.2) is 33.2 Å². The molecular weight excluding hydrogens is 433 g/mol. The van der Waals surface area contributed by atoms with Crippen molar-refractivity contribution in [2.24, 2.45) is 0 Å². The van der Waals surface area contributed by atoms with Crippen LogP contribution in [0.4, 0.5) is 0 Å². The summed E-state index contributed by atoms with van der Waals surface area (Å²) < 4.78 is 22.6. The highest BCUT2D eigenvalue weighted by atomic mass is 35.5. The Hall–Kier alpha value is -2.22. The third-order valence-corrected chi connectivity index (χ3v) is 5.47. The van der Waals surface area contributed by atoms with Crippen molar-refractivity contribution in [1.29, 1.82) is 0 Å². The van der Waals surface area contributed by atoms with Crippen molar-refractivity contribution in [3.05, 3.63) is 64.2 Å². The number of ether oxygens (including phenoxy) is 1. The minimum absolute atomic E-state index is 0.213. The molecule has 0 bridgehead atoms. The number of Topliss-reactive ketones (excluding diaryl/α,β-unsaturated/α-hetero) is 1. The second-order valence-corrected chi connectivity index (χ2v) is 9.12. The molecule has 0 saturated carbocycles. The molecule has 0 unspecified atom stereocenters. The summed E-state index contributed by atoms with van der Waals surface area (Å²) in [7, 11) is -4.94. The number of phosphoric ester groups is 1. The summed E-state index contributed by atoms with van der Waals surface area (Å²) in [6.07, 6.45) is -1.25. The number of ketones is 1. The molecule has 0 radical (unpaired) electrons. The molecule has 2 aromatic carbocycles. The van der Waals surface area contributed by atoms with Crippen molar-refractivity contribution in [1.82, 2.24) is 5.32 Å². The largest absolute Gasteiger partial charge is 0.485 e. The van der Waals surface area contributed by atoms with Crippen LogP contribution in [0.2, 0.25) is 5.02 Å². The molecule has 8 nitrogen and oxygen atoms in total. The van der Waals surface area contributed by atoms with E-state index in [4.69, 9.17) is 20.9 Å². The Morgan fingerprint density at radius 2 is 1.87 bits per heavy atom. The Morgan fingerprint density at radius 1 is 1.17 bits per heavy atom. The van der Waals surface area contributed by atoms with Crippen LogP contribution in [-0.2, 0) is 9.09 Å². The summed E-state index contributed by atoms with van der Waals surface area (Å²) in [6.45, 7) is 4.57. The average Bonchev–Trinajstić information content (AvgIpc) is 2.62. The van der Waals surface area contributed by atoms with Crippen LogP contribution >= 0.6 is 19.4 Å². The zero-order chi connectivity index (χ0) is 22.3. The predicted molar refractivity (Wildman–Crippen MR) is 110 cm³/mol. The molecule has 0 aromatic heterocycles. The Balaban J connectivity index is 2.09. The van der Waals surface area contributed by atoms with Crippen molar-refractivity contribution in [2.75, 3.05) is 0 Å². The molecule has 1 aliphatic heterocycles. The van der Waals surface area contributed by atoms with Crippen molar-refractivity contribution < 1.29 is 33.2 Å². The van der Waals surface area contributed by atoms with Crippen LogP contribution < -0.4 is 10.1 Å². The van der Waals surface area contributed by atoms with E-state index in [1.54, 1.807) is 44.2 Å². The quantitative estimate of drug-likeness (QED) is 0.466. The van der Waals surface area contributed by atoms with Gasteiger partial charge in [-0.25, -0.2) is 4.57 Å². The fourth-order valence-corrected chi connectivity index (χ4v) is 4.21. The standard InChI is InChI=1S/C20H21ClNO7P/c1-11(23)12-7-8-16-15(10-12)17(18(20(2,3)28-16)29-30(25,26)27)22-19(24)13-5-4-6-14(21)9-13/h4-10,17-18H,1-3H3,(H,22,24)(H2,25,26,27)/t17-,18-/m1/s1. The topological polar surface area (TPSA) is 122 Å². The van der Waals surface area contributed by atoms with Gasteiger partial charge >= 0.3 is 7.82 Å². The van der Waals surface area contributed by atoms with Gasteiger partial charge in [-0.15, -0.1) is 0 Å². The second-order valence-electron chi connectivity index (χ2n) is 7.49. The van der Waals surface area contributed by atoms with Gasteiger partial charge in [0.25, 0.3) is 5.91 Å². The number of phosphoric acid groups is 1. The molecule has 2 atom stereocenters. The molecular formula is C20H21ClNO7P. The van der Waals surface area contributed by atoms with Crippen LogP contribution in [0.1, 0.15) is 53.1 Å². The second kappa shape index (κ2) is 8.13. The summed E-state index contributed by atoms with van der Waals surface area (Å²) in [6, 6.07) is 9.91. The molecule has 3 rings (SSSR count). The average molecular weight is 454 g/mol. The van der Waals surface area contributed by atoms with Gasteiger partial charge in [-0.1, -0.05) is 17.7 Å². The molecule has 1 amide bonds. The Bertz CT molecular complexity index is 1050. The van der Waals surface area contributed by atoms with Crippen LogP contribution in [0.25, 0.3) is 0 Å². The first kappa shape index (κ1) is 22.5. The molecule has 30 heavy (non-hydrogen) atoms. The summed E-state index contributed by atoms with van der Waals surface area (Å²) in [5, 5.41) is 3.11. The third-order valence-electron chi connectivity index (χ3n) is 4.74. The molecule has 1 heterocycles. The number of hydrogen-bond acceptors (Lipinski definition) is 5. The summed E-state index contributed by atoms with van der Waals surface area (Å²) in [4.78, 5) is 43.6. The molecule has 160 valence electrons. The molecule has 0 saturated heterocycles. The van der Waals surface area contributed by atoms with Crippen molar-refractivity contribution in [3.8, 4) is 5.75 Å². The molecule has 0 spiro atoms. The van der Waals surface area contributed by atoms with E-state index < -0.39 is 31.5 Å². The number of amides is 1. The zero-order valence-corrected chi connectivity index (χ0v) is 18.1. The van der Waals surface area contributed by atoms with Crippen molar-refractivity contribution in [2.45, 2.75) is 38.5 Å². The van der Waals surface area contributed by atoms with E-state index in [-0.39, 0.29) is 11.3 Å².